The smallest absolute Gasteiger partial charge is 0.0344 e. The zero-order chi connectivity index (χ0) is 9.68. The van der Waals surface area contributed by atoms with Crippen LogP contribution in [0.25, 0.3) is 0 Å². The van der Waals surface area contributed by atoms with E-state index in [4.69, 9.17) is 0 Å². The Morgan fingerprint density at radius 3 is 2.77 bits per heavy atom. The molecule has 3 heteroatoms. The van der Waals surface area contributed by atoms with Crippen LogP contribution in [0.1, 0.15) is 13.3 Å². The Morgan fingerprint density at radius 2 is 2.08 bits per heavy atom. The number of nitrogens with one attached hydrogen (secondary N) is 1. The minimum atomic E-state index is 0.687. The van der Waals surface area contributed by atoms with Gasteiger partial charge in [-0.2, -0.15) is 0 Å². The third-order valence-corrected chi connectivity index (χ3v) is 2.83. The second kappa shape index (κ2) is 5.58. The van der Waals surface area contributed by atoms with Crippen LogP contribution in [0.2, 0.25) is 0 Å². The second-order valence-electron chi connectivity index (χ2n) is 4.06. The minimum Gasteiger partial charge on any atom is -0.315 e. The van der Waals surface area contributed by atoms with Gasteiger partial charge in [-0.3, -0.25) is 0 Å². The Balaban J connectivity index is 2.37. The highest BCUT2D eigenvalue weighted by Gasteiger charge is 2.19. The molecule has 0 aromatic heterocycles. The predicted molar refractivity (Wildman–Crippen MR) is 57.1 cm³/mol. The van der Waals surface area contributed by atoms with Crippen molar-refractivity contribution in [3.63, 3.8) is 0 Å². The summed E-state index contributed by atoms with van der Waals surface area (Å²) in [5, 5.41) is 3.43. The molecule has 1 aliphatic heterocycles. The standard InChI is InChI=1S/C10H23N3/c1-4-11-8-10-9-12(2)6-5-7-13(10)3/h10-11H,4-9H2,1-3H3. The third kappa shape index (κ3) is 3.63. The van der Waals surface area contributed by atoms with E-state index in [1.165, 1.54) is 26.1 Å². The zero-order valence-corrected chi connectivity index (χ0v) is 9.21. The van der Waals surface area contributed by atoms with Crippen LogP contribution < -0.4 is 5.32 Å². The minimum absolute atomic E-state index is 0.687. The Morgan fingerprint density at radius 1 is 1.31 bits per heavy atom. The predicted octanol–water partition coefficient (Wildman–Crippen LogP) is 0.232. The highest BCUT2D eigenvalue weighted by Crippen LogP contribution is 2.05. The molecule has 0 spiro atoms. The molecule has 1 N–H and O–H groups in total. The Hall–Kier alpha value is -0.120. The molecule has 1 unspecified atom stereocenters. The van der Waals surface area contributed by atoms with Crippen LogP contribution in [0.3, 0.4) is 0 Å². The van der Waals surface area contributed by atoms with E-state index < -0.39 is 0 Å². The molecule has 0 amide bonds. The largest absolute Gasteiger partial charge is 0.315 e. The van der Waals surface area contributed by atoms with Crippen molar-refractivity contribution in [2.75, 3.05) is 46.8 Å². The van der Waals surface area contributed by atoms with Crippen molar-refractivity contribution >= 4 is 0 Å². The van der Waals surface area contributed by atoms with Gasteiger partial charge < -0.3 is 15.1 Å². The average Bonchev–Trinajstić information content (AvgIpc) is 2.25. The molecular formula is C10H23N3. The monoisotopic (exact) mass is 185 g/mol. The summed E-state index contributed by atoms with van der Waals surface area (Å²) in [6, 6.07) is 0.687. The summed E-state index contributed by atoms with van der Waals surface area (Å²) in [6.45, 7) is 8.04. The van der Waals surface area contributed by atoms with Crippen molar-refractivity contribution in [3.05, 3.63) is 0 Å². The van der Waals surface area contributed by atoms with Crippen molar-refractivity contribution in [1.29, 1.82) is 0 Å². The lowest BCUT2D eigenvalue weighted by Crippen LogP contribution is -2.44. The molecule has 0 radical (unpaired) electrons. The van der Waals surface area contributed by atoms with E-state index in [0.29, 0.717) is 6.04 Å². The van der Waals surface area contributed by atoms with Crippen LogP contribution in [0, 0.1) is 0 Å². The third-order valence-electron chi connectivity index (χ3n) is 2.83. The van der Waals surface area contributed by atoms with Crippen LogP contribution in [0.15, 0.2) is 0 Å². The van der Waals surface area contributed by atoms with E-state index in [1.54, 1.807) is 0 Å². The molecule has 78 valence electrons. The summed E-state index contributed by atoms with van der Waals surface area (Å²) in [5.41, 5.74) is 0. The van der Waals surface area contributed by atoms with Crippen LogP contribution in [-0.4, -0.2) is 62.7 Å². The molecule has 3 nitrogen and oxygen atoms in total. The molecule has 13 heavy (non-hydrogen) atoms. The fourth-order valence-corrected chi connectivity index (χ4v) is 1.89. The maximum atomic E-state index is 3.43. The lowest BCUT2D eigenvalue weighted by Gasteiger charge is -2.27. The van der Waals surface area contributed by atoms with Crippen molar-refractivity contribution in [2.24, 2.45) is 0 Å². The molecule has 1 fully saturated rings. The summed E-state index contributed by atoms with van der Waals surface area (Å²) in [6.07, 6.45) is 1.30. The average molecular weight is 185 g/mol. The molecule has 1 aliphatic rings. The molecule has 1 heterocycles. The van der Waals surface area contributed by atoms with E-state index in [1.807, 2.05) is 0 Å². The van der Waals surface area contributed by atoms with Crippen molar-refractivity contribution in [3.8, 4) is 0 Å². The van der Waals surface area contributed by atoms with Gasteiger partial charge in [0.25, 0.3) is 0 Å². The van der Waals surface area contributed by atoms with Gasteiger partial charge in [0.05, 0.1) is 0 Å². The molecule has 0 aromatic carbocycles. The van der Waals surface area contributed by atoms with E-state index in [0.717, 1.165) is 13.1 Å². The van der Waals surface area contributed by atoms with Gasteiger partial charge in [-0.25, -0.2) is 0 Å². The van der Waals surface area contributed by atoms with Crippen LogP contribution in [-0.2, 0) is 0 Å². The first kappa shape index (κ1) is 11.0. The SMILES string of the molecule is CCNCC1CN(C)CCCN1C. The van der Waals surface area contributed by atoms with E-state index in [2.05, 4.69) is 36.1 Å². The van der Waals surface area contributed by atoms with Crippen LogP contribution in [0.4, 0.5) is 0 Å². The lowest BCUT2D eigenvalue weighted by atomic mass is 10.2. The number of nitrogens with zero attached hydrogens (tertiary/aromatic N) is 2. The van der Waals surface area contributed by atoms with Gasteiger partial charge in [-0.15, -0.1) is 0 Å². The number of hydrogen-bond acceptors (Lipinski definition) is 3. The topological polar surface area (TPSA) is 18.5 Å². The van der Waals surface area contributed by atoms with Crippen molar-refractivity contribution in [2.45, 2.75) is 19.4 Å². The molecule has 0 bridgehead atoms. The first-order valence-electron chi connectivity index (χ1n) is 5.33. The Kier molecular flexibility index (Phi) is 4.70. The zero-order valence-electron chi connectivity index (χ0n) is 9.21. The summed E-state index contributed by atoms with van der Waals surface area (Å²) in [5.74, 6) is 0. The number of rotatable bonds is 3. The first-order valence-corrected chi connectivity index (χ1v) is 5.33. The Bertz CT molecular complexity index is 138. The van der Waals surface area contributed by atoms with Gasteiger partial charge in [-0.05, 0) is 40.2 Å². The van der Waals surface area contributed by atoms with Gasteiger partial charge in [-0.1, -0.05) is 6.92 Å². The quantitative estimate of drug-likeness (QED) is 0.679. The second-order valence-corrected chi connectivity index (χ2v) is 4.06. The highest BCUT2D eigenvalue weighted by molar-refractivity contribution is 4.77. The van der Waals surface area contributed by atoms with Crippen LogP contribution >= 0.6 is 0 Å². The van der Waals surface area contributed by atoms with Crippen molar-refractivity contribution < 1.29 is 0 Å². The summed E-state index contributed by atoms with van der Waals surface area (Å²) in [4.78, 5) is 4.91. The van der Waals surface area contributed by atoms with E-state index in [9.17, 15) is 0 Å². The maximum absolute atomic E-state index is 3.43. The molecule has 1 saturated heterocycles. The summed E-state index contributed by atoms with van der Waals surface area (Å²) >= 11 is 0. The summed E-state index contributed by atoms with van der Waals surface area (Å²) in [7, 11) is 4.46. The molecule has 0 aromatic rings. The highest BCUT2D eigenvalue weighted by atomic mass is 15.2. The molecule has 0 aliphatic carbocycles. The lowest BCUT2D eigenvalue weighted by molar-refractivity contribution is 0.221. The summed E-state index contributed by atoms with van der Waals surface area (Å²) < 4.78 is 0. The van der Waals surface area contributed by atoms with Gasteiger partial charge >= 0.3 is 0 Å². The van der Waals surface area contributed by atoms with E-state index >= 15 is 0 Å². The van der Waals surface area contributed by atoms with Gasteiger partial charge in [0.1, 0.15) is 0 Å². The van der Waals surface area contributed by atoms with Crippen molar-refractivity contribution in [1.82, 2.24) is 15.1 Å². The van der Waals surface area contributed by atoms with Crippen LogP contribution in [0.5, 0.6) is 0 Å². The molecule has 0 saturated carbocycles. The number of likely N-dealkylation sites (N-methyl/N-ethyl adjacent to an activating group) is 3. The van der Waals surface area contributed by atoms with Gasteiger partial charge in [0.2, 0.25) is 0 Å². The normalized spacial score (nSPS) is 27.5. The maximum Gasteiger partial charge on any atom is 0.0344 e. The Labute approximate surface area is 82.1 Å². The van der Waals surface area contributed by atoms with Gasteiger partial charge in [0.15, 0.2) is 0 Å². The first-order chi connectivity index (χ1) is 6.24. The van der Waals surface area contributed by atoms with E-state index in [-0.39, 0.29) is 0 Å². The molecular weight excluding hydrogens is 162 g/mol. The fraction of sp³-hybridized carbons (Fsp3) is 1.00. The molecule has 1 atom stereocenters. The number of hydrogen-bond donors (Lipinski definition) is 1. The molecule has 1 rings (SSSR count). The van der Waals surface area contributed by atoms with Gasteiger partial charge in [0, 0.05) is 19.1 Å². The fourth-order valence-electron chi connectivity index (χ4n) is 1.89.